The van der Waals surface area contributed by atoms with Gasteiger partial charge in [0.15, 0.2) is 5.54 Å². The first-order chi connectivity index (χ1) is 16.9. The molecule has 1 saturated carbocycles. The van der Waals surface area contributed by atoms with Crippen molar-refractivity contribution < 1.29 is 29.0 Å². The molecule has 2 aliphatic carbocycles. The highest BCUT2D eigenvalue weighted by Gasteiger charge is 2.50. The number of likely N-dealkylation sites (N-methyl/N-ethyl adjacent to an activating group) is 1. The molecule has 0 radical (unpaired) electrons. The fourth-order valence-electron chi connectivity index (χ4n) is 5.81. The highest BCUT2D eigenvalue weighted by atomic mass is 16.5. The van der Waals surface area contributed by atoms with Crippen LogP contribution in [0.1, 0.15) is 42.7 Å². The number of nitrogens with zero attached hydrogens (tertiary/aromatic N) is 1. The minimum Gasteiger partial charge on any atom is -0.479 e. The molecule has 5 rings (SSSR count). The standard InChI is InChI=1S/C27H30N2O6/c1-29(27(25(31)32)13-14-34-16-27)24(30)21-11-6-12-23(21)28-26(33)35-15-22-19-9-4-2-7-17(19)18-8-3-5-10-20(18)22/h2-5,7-10,21-23H,6,11-16H2,1H3,(H,28,33)(H,31,32)/t21-,23+,27?/m1/s1. The highest BCUT2D eigenvalue weighted by Crippen LogP contribution is 2.44. The van der Waals surface area contributed by atoms with Crippen molar-refractivity contribution in [2.45, 2.75) is 43.2 Å². The second-order valence-electron chi connectivity index (χ2n) is 9.65. The first-order valence-electron chi connectivity index (χ1n) is 12.1. The lowest BCUT2D eigenvalue weighted by atomic mass is 9.93. The Kier molecular flexibility index (Phi) is 6.23. The molecule has 184 valence electrons. The molecule has 35 heavy (non-hydrogen) atoms. The predicted molar refractivity (Wildman–Crippen MR) is 128 cm³/mol. The molecule has 8 heteroatoms. The van der Waals surface area contributed by atoms with Crippen LogP contribution in [0.3, 0.4) is 0 Å². The molecule has 2 aromatic rings. The van der Waals surface area contributed by atoms with Crippen molar-refractivity contribution in [3.63, 3.8) is 0 Å². The van der Waals surface area contributed by atoms with Crippen molar-refractivity contribution in [2.75, 3.05) is 26.9 Å². The van der Waals surface area contributed by atoms with Crippen LogP contribution in [0, 0.1) is 5.92 Å². The first-order valence-corrected chi connectivity index (χ1v) is 12.1. The number of benzene rings is 2. The summed E-state index contributed by atoms with van der Waals surface area (Å²) in [6.07, 6.45) is 1.70. The van der Waals surface area contributed by atoms with Crippen molar-refractivity contribution in [2.24, 2.45) is 5.92 Å². The third kappa shape index (κ3) is 4.05. The number of aliphatic carboxylic acids is 1. The lowest BCUT2D eigenvalue weighted by molar-refractivity contribution is -0.159. The van der Waals surface area contributed by atoms with Gasteiger partial charge in [0.05, 0.1) is 12.5 Å². The van der Waals surface area contributed by atoms with Crippen LogP contribution in [0.4, 0.5) is 4.79 Å². The van der Waals surface area contributed by atoms with E-state index in [0.717, 1.165) is 28.7 Å². The number of ether oxygens (including phenoxy) is 2. The summed E-state index contributed by atoms with van der Waals surface area (Å²) in [6, 6.07) is 15.9. The average Bonchev–Trinajstić information content (AvgIpc) is 3.60. The Balaban J connectivity index is 1.23. The van der Waals surface area contributed by atoms with E-state index in [9.17, 15) is 19.5 Å². The minimum absolute atomic E-state index is 0.0260. The van der Waals surface area contributed by atoms with Gasteiger partial charge in [-0.05, 0) is 35.1 Å². The van der Waals surface area contributed by atoms with Gasteiger partial charge >= 0.3 is 12.1 Å². The van der Waals surface area contributed by atoms with E-state index in [1.165, 1.54) is 11.9 Å². The molecule has 2 fully saturated rings. The van der Waals surface area contributed by atoms with E-state index >= 15 is 0 Å². The summed E-state index contributed by atoms with van der Waals surface area (Å²) in [4.78, 5) is 39.3. The lowest BCUT2D eigenvalue weighted by Gasteiger charge is -2.36. The quantitative estimate of drug-likeness (QED) is 0.659. The number of carboxylic acid groups (broad SMARTS) is 1. The molecule has 2 amide bonds. The number of alkyl carbamates (subject to hydrolysis) is 1. The summed E-state index contributed by atoms with van der Waals surface area (Å²) in [5, 5.41) is 12.7. The van der Waals surface area contributed by atoms with Gasteiger partial charge < -0.3 is 24.8 Å². The number of hydrogen-bond acceptors (Lipinski definition) is 5. The Bertz CT molecular complexity index is 1100. The Morgan fingerprint density at radius 1 is 1.09 bits per heavy atom. The summed E-state index contributed by atoms with van der Waals surface area (Å²) in [7, 11) is 1.52. The third-order valence-corrected chi connectivity index (χ3v) is 7.85. The zero-order valence-corrected chi connectivity index (χ0v) is 19.7. The van der Waals surface area contributed by atoms with Crippen LogP contribution in [-0.4, -0.2) is 66.4 Å². The summed E-state index contributed by atoms with van der Waals surface area (Å²) < 4.78 is 11.0. The van der Waals surface area contributed by atoms with E-state index in [1.54, 1.807) is 0 Å². The van der Waals surface area contributed by atoms with Crippen molar-refractivity contribution >= 4 is 18.0 Å². The van der Waals surface area contributed by atoms with E-state index < -0.39 is 29.6 Å². The number of fused-ring (bicyclic) bond motifs is 3. The number of carbonyl (C=O) groups is 3. The molecule has 0 aromatic heterocycles. The molecule has 2 aromatic carbocycles. The van der Waals surface area contributed by atoms with Crippen LogP contribution in [0.2, 0.25) is 0 Å². The largest absolute Gasteiger partial charge is 0.479 e. The number of amides is 2. The van der Waals surface area contributed by atoms with Gasteiger partial charge in [-0.15, -0.1) is 0 Å². The molecular weight excluding hydrogens is 448 g/mol. The second-order valence-corrected chi connectivity index (χ2v) is 9.65. The van der Waals surface area contributed by atoms with E-state index in [0.29, 0.717) is 19.4 Å². The zero-order chi connectivity index (χ0) is 24.6. The van der Waals surface area contributed by atoms with Crippen LogP contribution < -0.4 is 5.32 Å². The van der Waals surface area contributed by atoms with Crippen molar-refractivity contribution in [3.05, 3.63) is 59.7 Å². The van der Waals surface area contributed by atoms with E-state index in [1.807, 2.05) is 24.3 Å². The first kappa shape index (κ1) is 23.4. The van der Waals surface area contributed by atoms with Crippen molar-refractivity contribution in [1.82, 2.24) is 10.2 Å². The van der Waals surface area contributed by atoms with Gasteiger partial charge in [-0.2, -0.15) is 0 Å². The SMILES string of the molecule is CN(C(=O)[C@@H]1CCC[C@@H]1NC(=O)OCC1c2ccccc2-c2ccccc21)C1(C(=O)O)CCOC1. The van der Waals surface area contributed by atoms with Crippen molar-refractivity contribution in [3.8, 4) is 11.1 Å². The van der Waals surface area contributed by atoms with Gasteiger partial charge in [-0.1, -0.05) is 55.0 Å². The van der Waals surface area contributed by atoms with E-state index in [-0.39, 0.29) is 31.5 Å². The summed E-state index contributed by atoms with van der Waals surface area (Å²) in [5.74, 6) is -1.88. The number of rotatable bonds is 6. The number of hydrogen-bond donors (Lipinski definition) is 2. The smallest absolute Gasteiger partial charge is 0.407 e. The van der Waals surface area contributed by atoms with Crippen LogP contribution in [0.25, 0.3) is 11.1 Å². The Hall–Kier alpha value is -3.39. The fraction of sp³-hybridized carbons (Fsp3) is 0.444. The van der Waals surface area contributed by atoms with E-state index in [4.69, 9.17) is 9.47 Å². The molecule has 1 saturated heterocycles. The van der Waals surface area contributed by atoms with E-state index in [2.05, 4.69) is 29.6 Å². The highest BCUT2D eigenvalue weighted by molar-refractivity contribution is 5.89. The summed E-state index contributed by atoms with van der Waals surface area (Å²) in [5.41, 5.74) is 3.23. The number of carboxylic acids is 1. The molecule has 0 spiro atoms. The summed E-state index contributed by atoms with van der Waals surface area (Å²) >= 11 is 0. The molecule has 2 N–H and O–H groups in total. The molecule has 1 heterocycles. The van der Waals surface area contributed by atoms with Gasteiger partial charge in [0.2, 0.25) is 5.91 Å². The van der Waals surface area contributed by atoms with Gasteiger partial charge in [-0.3, -0.25) is 4.79 Å². The molecular formula is C27H30N2O6. The molecule has 1 aliphatic heterocycles. The number of nitrogens with one attached hydrogen (secondary N) is 1. The van der Waals surface area contributed by atoms with Gasteiger partial charge in [-0.25, -0.2) is 9.59 Å². The molecule has 3 atom stereocenters. The van der Waals surface area contributed by atoms with Gasteiger partial charge in [0.25, 0.3) is 0 Å². The maximum Gasteiger partial charge on any atom is 0.407 e. The van der Waals surface area contributed by atoms with Crippen LogP contribution in [0.15, 0.2) is 48.5 Å². The normalized spacial score (nSPS) is 25.1. The van der Waals surface area contributed by atoms with Crippen LogP contribution >= 0.6 is 0 Å². The Morgan fingerprint density at radius 2 is 1.74 bits per heavy atom. The topological polar surface area (TPSA) is 105 Å². The molecule has 1 unspecified atom stereocenters. The lowest BCUT2D eigenvalue weighted by Crippen LogP contribution is -2.58. The Labute approximate surface area is 204 Å². The average molecular weight is 479 g/mol. The van der Waals surface area contributed by atoms with Crippen LogP contribution in [0.5, 0.6) is 0 Å². The molecule has 8 nitrogen and oxygen atoms in total. The molecule has 3 aliphatic rings. The fourth-order valence-corrected chi connectivity index (χ4v) is 5.81. The third-order valence-electron chi connectivity index (χ3n) is 7.85. The summed E-state index contributed by atoms with van der Waals surface area (Å²) in [6.45, 7) is 0.475. The number of carbonyl (C=O) groups excluding carboxylic acids is 2. The maximum absolute atomic E-state index is 13.3. The maximum atomic E-state index is 13.3. The Morgan fingerprint density at radius 3 is 2.34 bits per heavy atom. The van der Waals surface area contributed by atoms with Crippen molar-refractivity contribution in [1.29, 1.82) is 0 Å². The zero-order valence-electron chi connectivity index (χ0n) is 19.7. The second kappa shape index (κ2) is 9.34. The minimum atomic E-state index is -1.35. The monoisotopic (exact) mass is 478 g/mol. The predicted octanol–water partition coefficient (Wildman–Crippen LogP) is 3.40. The van der Waals surface area contributed by atoms with Gasteiger partial charge in [0, 0.05) is 32.0 Å². The molecule has 0 bridgehead atoms. The van der Waals surface area contributed by atoms with Gasteiger partial charge in [0.1, 0.15) is 6.61 Å². The van der Waals surface area contributed by atoms with Crippen LogP contribution in [-0.2, 0) is 19.1 Å².